The van der Waals surface area contributed by atoms with Gasteiger partial charge in [0.2, 0.25) is 11.8 Å². The number of hydrogen-bond acceptors (Lipinski definition) is 16. The van der Waals surface area contributed by atoms with Gasteiger partial charge >= 0.3 is 37.7 Å². The first-order valence-electron chi connectivity index (χ1n) is 38.1. The van der Waals surface area contributed by atoms with Crippen LogP contribution in [0.1, 0.15) is 356 Å². The second-order valence-corrected chi connectivity index (χ2v) is 27.9. The van der Waals surface area contributed by atoms with E-state index in [0.717, 1.165) is 173 Å². The molecule has 0 radical (unpaired) electrons. The highest BCUT2D eigenvalue weighted by Gasteiger charge is 2.52. The molecule has 0 aliphatic carbocycles. The van der Waals surface area contributed by atoms with Crippen LogP contribution in [-0.4, -0.2) is 130 Å². The summed E-state index contributed by atoms with van der Waals surface area (Å²) < 4.78 is 54.3. The summed E-state index contributed by atoms with van der Waals surface area (Å²) in [4.78, 5) is 117. The molecule has 22 heteroatoms. The van der Waals surface area contributed by atoms with E-state index in [-0.39, 0.29) is 32.1 Å². The van der Waals surface area contributed by atoms with Crippen molar-refractivity contribution in [1.82, 2.24) is 10.6 Å². The third-order valence-electron chi connectivity index (χ3n) is 17.7. The Labute approximate surface area is 573 Å². The molecule has 95 heavy (non-hydrogen) atoms. The fraction of sp³-hybridized carbons (Fsp3) is 0.904. The van der Waals surface area contributed by atoms with Crippen molar-refractivity contribution in [2.75, 3.05) is 13.2 Å². The molecular weight excluding hydrogens is 1240 g/mol. The van der Waals surface area contributed by atoms with Gasteiger partial charge in [-0.3, -0.25) is 33.3 Å². The van der Waals surface area contributed by atoms with Crippen LogP contribution in [0.5, 0.6) is 0 Å². The van der Waals surface area contributed by atoms with Crippen molar-refractivity contribution in [2.24, 2.45) is 0 Å². The van der Waals surface area contributed by atoms with Gasteiger partial charge in [0.15, 0.2) is 18.4 Å². The number of carbonyl (C=O) groups is 7. The predicted molar refractivity (Wildman–Crippen MR) is 370 cm³/mol. The average molecular weight is 1380 g/mol. The van der Waals surface area contributed by atoms with Crippen molar-refractivity contribution in [1.29, 1.82) is 0 Å². The van der Waals surface area contributed by atoms with Crippen LogP contribution in [-0.2, 0) is 71.1 Å². The first-order valence-corrected chi connectivity index (χ1v) is 39.6. The van der Waals surface area contributed by atoms with Gasteiger partial charge < -0.3 is 59.1 Å². The minimum absolute atomic E-state index is 0.123. The van der Waals surface area contributed by atoms with Crippen molar-refractivity contribution < 1.29 is 91.1 Å². The molecule has 0 aromatic rings. The lowest BCUT2D eigenvalue weighted by Crippen LogP contribution is -2.66. The smallest absolute Gasteiger partial charge is 0.470 e. The lowest BCUT2D eigenvalue weighted by atomic mass is 9.95. The van der Waals surface area contributed by atoms with Crippen LogP contribution in [0.3, 0.4) is 0 Å². The van der Waals surface area contributed by atoms with Crippen molar-refractivity contribution in [3.63, 3.8) is 0 Å². The maximum atomic E-state index is 14.7. The summed E-state index contributed by atoms with van der Waals surface area (Å²) >= 11 is 0. The molecule has 1 saturated heterocycles. The van der Waals surface area contributed by atoms with Crippen molar-refractivity contribution in [3.8, 4) is 0 Å². The molecule has 1 aliphatic heterocycles. The fourth-order valence-electron chi connectivity index (χ4n) is 12.1. The Hall–Kier alpha value is -3.72. The minimum Gasteiger partial charge on any atom is -0.480 e. The topological polar surface area (TPSA) is 306 Å². The van der Waals surface area contributed by atoms with Crippen LogP contribution in [0.25, 0.3) is 0 Å². The number of phosphoric ester groups is 1. The molecule has 1 rings (SSSR count). The van der Waals surface area contributed by atoms with Gasteiger partial charge in [0.25, 0.3) is 0 Å². The molecule has 1 heterocycles. The Bertz CT molecular complexity index is 2030. The molecule has 9 atom stereocenters. The molecule has 6 N–H and O–H groups in total. The number of unbranched alkanes of at least 4 members (excludes halogenated alkanes) is 34. The zero-order valence-electron chi connectivity index (χ0n) is 60.1. The number of rotatable bonds is 65. The van der Waals surface area contributed by atoms with E-state index < -0.39 is 131 Å². The average Bonchev–Trinajstić information content (AvgIpc) is 0.784. The van der Waals surface area contributed by atoms with E-state index in [4.69, 9.17) is 32.9 Å². The number of esters is 4. The number of aliphatic hydroxyl groups is 1. The van der Waals surface area contributed by atoms with Gasteiger partial charge in [0.1, 0.15) is 36.6 Å². The largest absolute Gasteiger partial charge is 0.480 e. The number of aliphatic carboxylic acids is 1. The number of carboxylic acids is 1. The Balaban J connectivity index is 3.81. The molecule has 0 bridgehead atoms. The number of ether oxygens (including phenoxy) is 6. The van der Waals surface area contributed by atoms with Crippen LogP contribution in [0, 0.1) is 0 Å². The monoisotopic (exact) mass is 1370 g/mol. The minimum atomic E-state index is -5.55. The van der Waals surface area contributed by atoms with Gasteiger partial charge in [-0.15, -0.1) is 0 Å². The third kappa shape index (κ3) is 48.6. The highest BCUT2D eigenvalue weighted by molar-refractivity contribution is 7.46. The van der Waals surface area contributed by atoms with Gasteiger partial charge in [-0.25, -0.2) is 9.36 Å². The summed E-state index contributed by atoms with van der Waals surface area (Å²) in [5, 5.41) is 26.7. The van der Waals surface area contributed by atoms with Crippen LogP contribution in [0.15, 0.2) is 0 Å². The molecule has 0 aromatic carbocycles. The summed E-state index contributed by atoms with van der Waals surface area (Å²) in [6.45, 7) is 10.8. The standard InChI is InChI=1S/C73H135N2O19P/c1-7-13-19-23-27-30-34-37-43-47-58(89-65(79)50-41-17-11-5)53-63(77)74-61(72(83)84)57-88-73-69(75-64(78)54-59(90-66(80)51-42-18-12-6)48-44-38-35-31-28-24-20-14-8-2)71(70(62(56-76)92-73)94-95(85,86)87)93-68(82)55-60(49-45-39-36-32-29-25-21-15-9-3)91-67(81)52-46-40-33-26-22-16-10-4/h58-62,69-71,73,76H,7-57H2,1-6H3,(H,74,77)(H,75,78)(H,83,84)(H2,85,86,87)/t58-,59-,60-,61+,62-,69-,70-,71-,73+/m1/s1. The molecule has 1 fully saturated rings. The predicted octanol–water partition coefficient (Wildman–Crippen LogP) is 16.1. The van der Waals surface area contributed by atoms with E-state index >= 15 is 0 Å². The highest BCUT2D eigenvalue weighted by atomic mass is 31.2. The van der Waals surface area contributed by atoms with Crippen molar-refractivity contribution in [2.45, 2.75) is 411 Å². The van der Waals surface area contributed by atoms with Crippen LogP contribution >= 0.6 is 7.82 Å². The highest BCUT2D eigenvalue weighted by Crippen LogP contribution is 2.42. The van der Waals surface area contributed by atoms with Crippen molar-refractivity contribution in [3.05, 3.63) is 0 Å². The van der Waals surface area contributed by atoms with Crippen LogP contribution in [0.4, 0.5) is 0 Å². The molecule has 0 saturated carbocycles. The number of carbonyl (C=O) groups excluding carboxylic acids is 6. The quantitative estimate of drug-likeness (QED) is 0.0143. The normalized spacial score (nSPS) is 17.7. The summed E-state index contributed by atoms with van der Waals surface area (Å²) in [6, 6.07) is -3.59. The summed E-state index contributed by atoms with van der Waals surface area (Å²) in [5.41, 5.74) is 0. The van der Waals surface area contributed by atoms with E-state index in [2.05, 4.69) is 38.3 Å². The summed E-state index contributed by atoms with van der Waals surface area (Å²) in [5.74, 6) is -5.61. The number of amides is 2. The fourth-order valence-corrected chi connectivity index (χ4v) is 12.7. The number of hydrogen-bond donors (Lipinski definition) is 6. The number of carboxylic acid groups (broad SMARTS) is 1. The van der Waals surface area contributed by atoms with E-state index in [9.17, 15) is 58.1 Å². The molecule has 2 amide bonds. The molecule has 1 aliphatic rings. The lowest BCUT2D eigenvalue weighted by molar-refractivity contribution is -0.272. The van der Waals surface area contributed by atoms with E-state index in [1.54, 1.807) is 0 Å². The molecule has 0 spiro atoms. The van der Waals surface area contributed by atoms with E-state index in [1.807, 2.05) is 13.8 Å². The van der Waals surface area contributed by atoms with Crippen LogP contribution < -0.4 is 10.6 Å². The zero-order valence-corrected chi connectivity index (χ0v) is 61.0. The maximum absolute atomic E-state index is 14.7. The lowest BCUT2D eigenvalue weighted by Gasteiger charge is -2.45. The number of nitrogens with one attached hydrogen (secondary N) is 2. The summed E-state index contributed by atoms with van der Waals surface area (Å²) in [6.07, 6.45) is 28.7. The molecule has 0 unspecified atom stereocenters. The number of phosphoric acid groups is 1. The molecular formula is C73H135N2O19P. The second-order valence-electron chi connectivity index (χ2n) is 26.7. The van der Waals surface area contributed by atoms with Crippen LogP contribution in [0.2, 0.25) is 0 Å². The van der Waals surface area contributed by atoms with Gasteiger partial charge in [0, 0.05) is 19.3 Å². The van der Waals surface area contributed by atoms with Gasteiger partial charge in [-0.05, 0) is 57.8 Å². The first kappa shape index (κ1) is 89.3. The Morgan fingerprint density at radius 3 is 1.12 bits per heavy atom. The Morgan fingerprint density at radius 2 is 0.758 bits per heavy atom. The molecule has 21 nitrogen and oxygen atoms in total. The van der Waals surface area contributed by atoms with Gasteiger partial charge in [-0.2, -0.15) is 0 Å². The van der Waals surface area contributed by atoms with Gasteiger partial charge in [-0.1, -0.05) is 260 Å². The zero-order chi connectivity index (χ0) is 70.2. The van der Waals surface area contributed by atoms with Crippen molar-refractivity contribution >= 4 is 49.5 Å². The SMILES string of the molecule is CCCCCCCCCCC[C@H](CC(=O)N[C@H]1[C@@H](OC[C@H](NC(=O)C[C@@H](CCCCCCCCCCC)OC(=O)CCCCC)C(=O)O)O[C@H](CO)[C@@H](OP(=O)(O)O)[C@@H]1OC(=O)C[C@@H](CCCCCCCCCCC)OC(=O)CCCCCCCCC)OC(=O)CCCCC. The third-order valence-corrected chi connectivity index (χ3v) is 18.2. The van der Waals surface area contributed by atoms with Gasteiger partial charge in [0.05, 0.1) is 32.5 Å². The van der Waals surface area contributed by atoms with E-state index in [0.29, 0.717) is 51.4 Å². The second kappa shape index (κ2) is 59.2. The Morgan fingerprint density at radius 1 is 0.432 bits per heavy atom. The summed E-state index contributed by atoms with van der Waals surface area (Å²) in [7, 11) is -5.55. The molecule has 556 valence electrons. The first-order chi connectivity index (χ1) is 45.8. The Kier molecular flexibility index (Phi) is 55.6. The maximum Gasteiger partial charge on any atom is 0.470 e. The van der Waals surface area contributed by atoms with E-state index in [1.165, 1.54) is 44.9 Å². The molecule has 0 aromatic heterocycles. The number of aliphatic hydroxyl groups excluding tert-OH is 1.